The Hall–Kier alpha value is -0.703. The van der Waals surface area contributed by atoms with Crippen molar-refractivity contribution in [1.29, 1.82) is 0 Å². The summed E-state index contributed by atoms with van der Waals surface area (Å²) in [5, 5.41) is 0. The molecule has 0 aromatic rings. The van der Waals surface area contributed by atoms with Crippen LogP contribution in [0.4, 0.5) is 0 Å². The number of carbonyl (C=O) groups excluding carboxylic acids is 1. The molecule has 0 N–H and O–H groups in total. The number of hydrogen-bond acceptors (Lipinski definition) is 3. The summed E-state index contributed by atoms with van der Waals surface area (Å²) in [4.78, 5) is 9.68. The summed E-state index contributed by atoms with van der Waals surface area (Å²) in [7, 11) is -0.537. The fourth-order valence-electron chi connectivity index (χ4n) is 0.687. The van der Waals surface area contributed by atoms with Crippen molar-refractivity contribution >= 4 is 15.8 Å². The lowest BCUT2D eigenvalue weighted by molar-refractivity contribution is 0.157. The van der Waals surface area contributed by atoms with E-state index in [1.807, 2.05) is 6.92 Å². The quantitative estimate of drug-likeness (QED) is 0.193. The van der Waals surface area contributed by atoms with Gasteiger partial charge in [-0.2, -0.15) is 0 Å². The van der Waals surface area contributed by atoms with Gasteiger partial charge in [-0.15, -0.1) is 0 Å². The lowest BCUT2D eigenvalue weighted by Gasteiger charge is -2.01. The van der Waals surface area contributed by atoms with Crippen LogP contribution in [0, 0.1) is 0 Å². The standard InChI is InChI=1S/C8H15NO2Si/c1-8(2)6-11-4-3-5-12-9-7-10/h1,3-6,12H2,2H3. The highest BCUT2D eigenvalue weighted by Gasteiger charge is 1.89. The van der Waals surface area contributed by atoms with Crippen LogP contribution < -0.4 is 0 Å². The molecule has 0 atom stereocenters. The van der Waals surface area contributed by atoms with Crippen molar-refractivity contribution in [3.63, 3.8) is 0 Å². The van der Waals surface area contributed by atoms with Gasteiger partial charge in [-0.3, -0.25) is 4.66 Å². The monoisotopic (exact) mass is 185 g/mol. The summed E-state index contributed by atoms with van der Waals surface area (Å²) in [6.07, 6.45) is 2.55. The minimum atomic E-state index is -0.537. The van der Waals surface area contributed by atoms with E-state index in [9.17, 15) is 4.79 Å². The van der Waals surface area contributed by atoms with E-state index in [1.165, 1.54) is 0 Å². The first-order valence-electron chi connectivity index (χ1n) is 4.03. The molecule has 68 valence electrons. The Kier molecular flexibility index (Phi) is 7.90. The van der Waals surface area contributed by atoms with Gasteiger partial charge in [0.15, 0.2) is 9.68 Å². The Morgan fingerprint density at radius 3 is 3.08 bits per heavy atom. The Morgan fingerprint density at radius 1 is 1.75 bits per heavy atom. The van der Waals surface area contributed by atoms with Crippen molar-refractivity contribution in [1.82, 2.24) is 0 Å². The molecule has 0 radical (unpaired) electrons. The van der Waals surface area contributed by atoms with Crippen LogP contribution in [0.1, 0.15) is 13.3 Å². The number of isocyanates is 1. The Balaban J connectivity index is 3.00. The largest absolute Gasteiger partial charge is 0.377 e. The van der Waals surface area contributed by atoms with Crippen LogP contribution in [0.3, 0.4) is 0 Å². The second-order valence-electron chi connectivity index (χ2n) is 2.69. The smallest absolute Gasteiger partial charge is 0.224 e. The molecule has 0 saturated heterocycles. The third kappa shape index (κ3) is 9.30. The predicted octanol–water partition coefficient (Wildman–Crippen LogP) is 0.807. The van der Waals surface area contributed by atoms with E-state index < -0.39 is 9.68 Å². The zero-order valence-corrected chi connectivity index (χ0v) is 8.92. The summed E-state index contributed by atoms with van der Waals surface area (Å²) >= 11 is 0. The van der Waals surface area contributed by atoms with Gasteiger partial charge in [0.2, 0.25) is 6.08 Å². The SMILES string of the molecule is C=C(C)COCCC[SiH2]N=C=O. The van der Waals surface area contributed by atoms with Crippen molar-refractivity contribution in [3.8, 4) is 0 Å². The van der Waals surface area contributed by atoms with E-state index in [0.717, 1.165) is 24.6 Å². The third-order valence-electron chi connectivity index (χ3n) is 1.22. The van der Waals surface area contributed by atoms with Gasteiger partial charge >= 0.3 is 0 Å². The molecule has 0 fully saturated rings. The van der Waals surface area contributed by atoms with Gasteiger partial charge in [0, 0.05) is 6.61 Å². The normalized spacial score (nSPS) is 10.1. The van der Waals surface area contributed by atoms with Crippen LogP contribution in [0.5, 0.6) is 0 Å². The zero-order chi connectivity index (χ0) is 9.23. The molecule has 0 heterocycles. The van der Waals surface area contributed by atoms with Gasteiger partial charge < -0.3 is 4.74 Å². The highest BCUT2D eigenvalue weighted by atomic mass is 28.2. The van der Waals surface area contributed by atoms with Crippen LogP contribution >= 0.6 is 0 Å². The van der Waals surface area contributed by atoms with Gasteiger partial charge in [0.05, 0.1) is 6.61 Å². The lowest BCUT2D eigenvalue weighted by Crippen LogP contribution is -1.98. The maximum Gasteiger partial charge on any atom is 0.224 e. The van der Waals surface area contributed by atoms with Gasteiger partial charge in [0.25, 0.3) is 0 Å². The van der Waals surface area contributed by atoms with Crippen LogP contribution in [0.15, 0.2) is 16.8 Å². The van der Waals surface area contributed by atoms with Crippen molar-refractivity contribution in [2.24, 2.45) is 4.66 Å². The molecule has 0 aliphatic carbocycles. The fraction of sp³-hybridized carbons (Fsp3) is 0.625. The van der Waals surface area contributed by atoms with E-state index in [1.54, 1.807) is 6.08 Å². The van der Waals surface area contributed by atoms with Crippen LogP contribution in [0.2, 0.25) is 6.04 Å². The van der Waals surface area contributed by atoms with Gasteiger partial charge in [-0.05, 0) is 19.4 Å². The van der Waals surface area contributed by atoms with Crippen molar-refractivity contribution in [3.05, 3.63) is 12.2 Å². The molecule has 0 aromatic carbocycles. The van der Waals surface area contributed by atoms with Crippen molar-refractivity contribution in [2.45, 2.75) is 19.4 Å². The molecule has 0 spiro atoms. The van der Waals surface area contributed by atoms with Crippen LogP contribution in [-0.2, 0) is 9.53 Å². The highest BCUT2D eigenvalue weighted by Crippen LogP contribution is 1.93. The van der Waals surface area contributed by atoms with E-state index in [4.69, 9.17) is 4.74 Å². The van der Waals surface area contributed by atoms with Crippen LogP contribution in [0.25, 0.3) is 0 Å². The summed E-state index contributed by atoms with van der Waals surface area (Å²) in [6, 6.07) is 1.02. The molecule has 0 amide bonds. The number of hydrogen-bond donors (Lipinski definition) is 0. The first-order valence-corrected chi connectivity index (χ1v) is 5.66. The van der Waals surface area contributed by atoms with E-state index in [-0.39, 0.29) is 0 Å². The van der Waals surface area contributed by atoms with Crippen LogP contribution in [-0.4, -0.2) is 29.0 Å². The molecule has 0 rings (SSSR count). The molecule has 12 heavy (non-hydrogen) atoms. The van der Waals surface area contributed by atoms with Crippen molar-refractivity contribution in [2.75, 3.05) is 13.2 Å². The molecular weight excluding hydrogens is 170 g/mol. The minimum Gasteiger partial charge on any atom is -0.377 e. The molecule has 0 aliphatic heterocycles. The molecule has 0 bridgehead atoms. The summed E-state index contributed by atoms with van der Waals surface area (Å²) in [5.41, 5.74) is 1.04. The summed E-state index contributed by atoms with van der Waals surface area (Å²) < 4.78 is 8.82. The number of ether oxygens (including phenoxy) is 1. The summed E-state index contributed by atoms with van der Waals surface area (Å²) in [6.45, 7) is 7.03. The number of rotatable bonds is 7. The second-order valence-corrected chi connectivity index (χ2v) is 4.16. The number of nitrogens with zero attached hydrogens (tertiary/aromatic N) is 1. The average molecular weight is 185 g/mol. The Bertz CT molecular complexity index is 170. The zero-order valence-electron chi connectivity index (χ0n) is 7.51. The Morgan fingerprint density at radius 2 is 2.50 bits per heavy atom. The fourth-order valence-corrected chi connectivity index (χ4v) is 1.36. The average Bonchev–Trinajstić information content (AvgIpc) is 2.02. The molecule has 0 saturated carbocycles. The highest BCUT2D eigenvalue weighted by molar-refractivity contribution is 6.34. The van der Waals surface area contributed by atoms with Gasteiger partial charge in [0.1, 0.15) is 0 Å². The van der Waals surface area contributed by atoms with Crippen molar-refractivity contribution < 1.29 is 9.53 Å². The first-order chi connectivity index (χ1) is 5.77. The molecule has 0 aliphatic rings. The second kappa shape index (κ2) is 8.39. The maximum atomic E-state index is 9.68. The van der Waals surface area contributed by atoms with E-state index in [0.29, 0.717) is 6.61 Å². The minimum absolute atomic E-state index is 0.537. The van der Waals surface area contributed by atoms with Gasteiger partial charge in [-0.1, -0.05) is 12.2 Å². The van der Waals surface area contributed by atoms with Gasteiger partial charge in [-0.25, -0.2) is 4.79 Å². The Labute approximate surface area is 75.4 Å². The molecular formula is C8H15NO2Si. The predicted molar refractivity (Wildman–Crippen MR) is 51.7 cm³/mol. The first kappa shape index (κ1) is 11.3. The van der Waals surface area contributed by atoms with E-state index >= 15 is 0 Å². The molecule has 0 aromatic heterocycles. The molecule has 0 unspecified atom stereocenters. The third-order valence-corrected chi connectivity index (χ3v) is 2.39. The molecule has 3 nitrogen and oxygen atoms in total. The maximum absolute atomic E-state index is 9.68. The topological polar surface area (TPSA) is 38.7 Å². The van der Waals surface area contributed by atoms with E-state index in [2.05, 4.69) is 11.2 Å². The molecule has 4 heteroatoms. The lowest BCUT2D eigenvalue weighted by atomic mass is 10.4. The summed E-state index contributed by atoms with van der Waals surface area (Å²) in [5.74, 6) is 0.